The van der Waals surface area contributed by atoms with Crippen LogP contribution in [0.25, 0.3) is 0 Å². The van der Waals surface area contributed by atoms with Gasteiger partial charge in [-0.25, -0.2) is 0 Å². The van der Waals surface area contributed by atoms with E-state index in [9.17, 15) is 4.79 Å². The predicted molar refractivity (Wildman–Crippen MR) is 62.4 cm³/mol. The predicted octanol–water partition coefficient (Wildman–Crippen LogP) is 2.03. The third-order valence-corrected chi connectivity index (χ3v) is 2.26. The first kappa shape index (κ1) is 12.3. The summed E-state index contributed by atoms with van der Waals surface area (Å²) in [5.74, 6) is 1.70. The van der Waals surface area contributed by atoms with E-state index in [-0.39, 0.29) is 23.7 Å². The summed E-state index contributed by atoms with van der Waals surface area (Å²) in [6, 6.07) is 1.36. The Hall–Kier alpha value is -2.11. The molecule has 0 N–H and O–H groups in total. The highest BCUT2D eigenvalue weighted by atomic mass is 16.5. The molecule has 2 aromatic rings. The Kier molecular flexibility index (Phi) is 3.45. The second kappa shape index (κ2) is 5.03. The second-order valence-electron chi connectivity index (χ2n) is 4.20. The van der Waals surface area contributed by atoms with Gasteiger partial charge in [-0.2, -0.15) is 0 Å². The molecule has 2 rings (SSSR count). The summed E-state index contributed by atoms with van der Waals surface area (Å²) in [5.41, 5.74) is -0.234. The summed E-state index contributed by atoms with van der Waals surface area (Å²) in [4.78, 5) is 11.5. The molecule has 0 spiro atoms. The molecule has 6 nitrogen and oxygen atoms in total. The second-order valence-corrected chi connectivity index (χ2v) is 4.20. The van der Waals surface area contributed by atoms with Crippen molar-refractivity contribution >= 4 is 0 Å². The maximum atomic E-state index is 11.5. The molecule has 0 aliphatic heterocycles. The quantitative estimate of drug-likeness (QED) is 0.826. The standard InChI is InChI=1S/C12H14N2O4/c1-7(2)12-14-13-11(18-12)6-17-10-5-16-8(3)4-9(10)15/h4-5,7H,6H2,1-3H3. The Bertz CT molecular complexity index is 586. The third-order valence-electron chi connectivity index (χ3n) is 2.26. The Labute approximate surface area is 104 Å². The van der Waals surface area contributed by atoms with Crippen LogP contribution < -0.4 is 10.2 Å². The molecule has 2 aromatic heterocycles. The molecular weight excluding hydrogens is 236 g/mol. The van der Waals surface area contributed by atoms with Gasteiger partial charge in [0.05, 0.1) is 0 Å². The lowest BCUT2D eigenvalue weighted by Gasteiger charge is -2.01. The van der Waals surface area contributed by atoms with Crippen LogP contribution >= 0.6 is 0 Å². The maximum Gasteiger partial charge on any atom is 0.253 e. The molecule has 0 unspecified atom stereocenters. The van der Waals surface area contributed by atoms with Crippen molar-refractivity contribution in [3.8, 4) is 5.75 Å². The first-order chi connectivity index (χ1) is 8.56. The highest BCUT2D eigenvalue weighted by molar-refractivity contribution is 5.17. The van der Waals surface area contributed by atoms with E-state index in [1.807, 2.05) is 13.8 Å². The van der Waals surface area contributed by atoms with E-state index >= 15 is 0 Å². The van der Waals surface area contributed by atoms with E-state index in [0.29, 0.717) is 17.5 Å². The Morgan fingerprint density at radius 1 is 1.39 bits per heavy atom. The van der Waals surface area contributed by atoms with E-state index in [0.717, 1.165) is 0 Å². The summed E-state index contributed by atoms with van der Waals surface area (Å²) in [6.07, 6.45) is 1.28. The molecule has 96 valence electrons. The van der Waals surface area contributed by atoms with Gasteiger partial charge in [-0.3, -0.25) is 4.79 Å². The van der Waals surface area contributed by atoms with Crippen LogP contribution in [0.4, 0.5) is 0 Å². The number of hydrogen-bond acceptors (Lipinski definition) is 6. The summed E-state index contributed by atoms with van der Waals surface area (Å²) in [7, 11) is 0. The van der Waals surface area contributed by atoms with Gasteiger partial charge in [0.1, 0.15) is 12.0 Å². The molecule has 0 aliphatic carbocycles. The van der Waals surface area contributed by atoms with Crippen molar-refractivity contribution in [2.24, 2.45) is 0 Å². The topological polar surface area (TPSA) is 78.4 Å². The molecule has 0 atom stereocenters. The zero-order valence-corrected chi connectivity index (χ0v) is 10.5. The van der Waals surface area contributed by atoms with Gasteiger partial charge in [0.15, 0.2) is 6.61 Å². The van der Waals surface area contributed by atoms with Gasteiger partial charge in [-0.1, -0.05) is 13.8 Å². The van der Waals surface area contributed by atoms with Gasteiger partial charge in [0.25, 0.3) is 5.89 Å². The van der Waals surface area contributed by atoms with Crippen molar-refractivity contribution in [3.05, 3.63) is 40.1 Å². The van der Waals surface area contributed by atoms with Crippen molar-refractivity contribution < 1.29 is 13.6 Å². The smallest absolute Gasteiger partial charge is 0.253 e. The van der Waals surface area contributed by atoms with E-state index in [1.165, 1.54) is 12.3 Å². The summed E-state index contributed by atoms with van der Waals surface area (Å²) < 4.78 is 15.7. The minimum absolute atomic E-state index is 0.0491. The number of hydrogen-bond donors (Lipinski definition) is 0. The molecule has 0 aromatic carbocycles. The van der Waals surface area contributed by atoms with E-state index < -0.39 is 0 Å². The highest BCUT2D eigenvalue weighted by Gasteiger charge is 2.11. The van der Waals surface area contributed by atoms with Crippen LogP contribution in [0.5, 0.6) is 5.75 Å². The highest BCUT2D eigenvalue weighted by Crippen LogP contribution is 2.13. The molecule has 0 radical (unpaired) electrons. The van der Waals surface area contributed by atoms with Gasteiger partial charge in [0, 0.05) is 12.0 Å². The van der Waals surface area contributed by atoms with Crippen LogP contribution in [0, 0.1) is 6.92 Å². The van der Waals surface area contributed by atoms with Crippen LogP contribution in [0.15, 0.2) is 26.0 Å². The fourth-order valence-corrected chi connectivity index (χ4v) is 1.30. The van der Waals surface area contributed by atoms with Crippen molar-refractivity contribution in [1.29, 1.82) is 0 Å². The lowest BCUT2D eigenvalue weighted by atomic mass is 10.2. The normalized spacial score (nSPS) is 10.9. The molecule has 2 heterocycles. The van der Waals surface area contributed by atoms with Crippen molar-refractivity contribution in [2.75, 3.05) is 0 Å². The average molecular weight is 250 g/mol. The molecule has 0 amide bonds. The van der Waals surface area contributed by atoms with Crippen LogP contribution in [-0.2, 0) is 6.61 Å². The number of nitrogens with zero attached hydrogens (tertiary/aromatic N) is 2. The maximum absolute atomic E-state index is 11.5. The lowest BCUT2D eigenvalue weighted by Crippen LogP contribution is -2.07. The molecule has 0 aliphatic rings. The van der Waals surface area contributed by atoms with Crippen LogP contribution in [0.1, 0.15) is 37.3 Å². The Morgan fingerprint density at radius 2 is 2.17 bits per heavy atom. The zero-order chi connectivity index (χ0) is 13.1. The lowest BCUT2D eigenvalue weighted by molar-refractivity contribution is 0.248. The summed E-state index contributed by atoms with van der Waals surface area (Å²) in [5, 5.41) is 7.69. The molecule has 0 saturated heterocycles. The molecule has 18 heavy (non-hydrogen) atoms. The number of aryl methyl sites for hydroxylation is 1. The first-order valence-corrected chi connectivity index (χ1v) is 5.61. The van der Waals surface area contributed by atoms with Gasteiger partial charge in [-0.15, -0.1) is 10.2 Å². The largest absolute Gasteiger partial charge is 0.477 e. The number of aromatic nitrogens is 2. The summed E-state index contributed by atoms with van der Waals surface area (Å²) in [6.45, 7) is 5.64. The van der Waals surface area contributed by atoms with Gasteiger partial charge >= 0.3 is 0 Å². The third kappa shape index (κ3) is 2.77. The van der Waals surface area contributed by atoms with Crippen molar-refractivity contribution in [2.45, 2.75) is 33.3 Å². The molecular formula is C12H14N2O4. The van der Waals surface area contributed by atoms with Crippen LogP contribution in [0.3, 0.4) is 0 Å². The fraction of sp³-hybridized carbons (Fsp3) is 0.417. The Morgan fingerprint density at radius 3 is 2.78 bits per heavy atom. The molecule has 0 bridgehead atoms. The SMILES string of the molecule is Cc1cc(=O)c(OCc2nnc(C(C)C)o2)co1. The fourth-order valence-electron chi connectivity index (χ4n) is 1.30. The van der Waals surface area contributed by atoms with Crippen LogP contribution in [-0.4, -0.2) is 10.2 Å². The van der Waals surface area contributed by atoms with E-state index in [2.05, 4.69) is 10.2 Å². The van der Waals surface area contributed by atoms with Gasteiger partial charge in [0.2, 0.25) is 17.1 Å². The van der Waals surface area contributed by atoms with Gasteiger partial charge in [-0.05, 0) is 6.92 Å². The zero-order valence-electron chi connectivity index (χ0n) is 10.5. The van der Waals surface area contributed by atoms with E-state index in [1.54, 1.807) is 6.92 Å². The Balaban J connectivity index is 2.04. The number of rotatable bonds is 4. The molecule has 0 fully saturated rings. The van der Waals surface area contributed by atoms with Crippen molar-refractivity contribution in [1.82, 2.24) is 10.2 Å². The van der Waals surface area contributed by atoms with Crippen LogP contribution in [0.2, 0.25) is 0 Å². The molecule has 0 saturated carbocycles. The van der Waals surface area contributed by atoms with E-state index in [4.69, 9.17) is 13.6 Å². The van der Waals surface area contributed by atoms with Gasteiger partial charge < -0.3 is 13.6 Å². The molecule has 6 heteroatoms. The summed E-state index contributed by atoms with van der Waals surface area (Å²) >= 11 is 0. The minimum atomic E-state index is -0.234. The van der Waals surface area contributed by atoms with Crippen molar-refractivity contribution in [3.63, 3.8) is 0 Å². The minimum Gasteiger partial charge on any atom is -0.477 e. The first-order valence-electron chi connectivity index (χ1n) is 5.61. The average Bonchev–Trinajstić information content (AvgIpc) is 2.76. The number of ether oxygens (including phenoxy) is 1. The monoisotopic (exact) mass is 250 g/mol.